The Morgan fingerprint density at radius 1 is 1.04 bits per heavy atom. The number of piperazine rings is 1. The van der Waals surface area contributed by atoms with Gasteiger partial charge in [0.15, 0.2) is 5.13 Å². The number of anilines is 2. The predicted molar refractivity (Wildman–Crippen MR) is 83.0 cm³/mol. The first-order valence-corrected chi connectivity index (χ1v) is 8.00. The molecule has 0 atom stereocenters. The molecule has 2 aromatic rings. The van der Waals surface area contributed by atoms with Gasteiger partial charge in [-0.2, -0.15) is 13.2 Å². The van der Waals surface area contributed by atoms with E-state index in [1.807, 2.05) is 13.8 Å². The Hall–Kier alpha value is -1.90. The number of aromatic nitrogens is 3. The maximum atomic E-state index is 12.7. The van der Waals surface area contributed by atoms with Gasteiger partial charge in [-0.05, 0) is 19.9 Å². The van der Waals surface area contributed by atoms with Gasteiger partial charge in [0, 0.05) is 37.3 Å². The van der Waals surface area contributed by atoms with Crippen LogP contribution in [0.2, 0.25) is 0 Å². The van der Waals surface area contributed by atoms with Crippen molar-refractivity contribution in [2.75, 3.05) is 36.0 Å². The van der Waals surface area contributed by atoms with E-state index in [-0.39, 0.29) is 5.95 Å². The van der Waals surface area contributed by atoms with Crippen molar-refractivity contribution < 1.29 is 13.2 Å². The van der Waals surface area contributed by atoms with Gasteiger partial charge in [0.25, 0.3) is 0 Å². The molecule has 124 valence electrons. The van der Waals surface area contributed by atoms with Crippen LogP contribution in [0.25, 0.3) is 0 Å². The summed E-state index contributed by atoms with van der Waals surface area (Å²) < 4.78 is 38.2. The van der Waals surface area contributed by atoms with Gasteiger partial charge in [0.1, 0.15) is 5.69 Å². The van der Waals surface area contributed by atoms with Crippen molar-refractivity contribution >= 4 is 22.4 Å². The van der Waals surface area contributed by atoms with Crippen LogP contribution in [0.15, 0.2) is 12.3 Å². The van der Waals surface area contributed by atoms with Crippen molar-refractivity contribution in [1.29, 1.82) is 0 Å². The number of nitrogens with zero attached hydrogens (tertiary/aromatic N) is 5. The lowest BCUT2D eigenvalue weighted by atomic mass is 10.3. The molecule has 0 radical (unpaired) electrons. The lowest BCUT2D eigenvalue weighted by molar-refractivity contribution is -0.141. The number of hydrogen-bond acceptors (Lipinski definition) is 6. The Kier molecular flexibility index (Phi) is 4.13. The second-order valence-electron chi connectivity index (χ2n) is 5.35. The highest BCUT2D eigenvalue weighted by Crippen LogP contribution is 2.29. The average Bonchev–Trinajstić information content (AvgIpc) is 2.86. The molecule has 1 fully saturated rings. The fraction of sp³-hybridized carbons (Fsp3) is 0.500. The van der Waals surface area contributed by atoms with Gasteiger partial charge < -0.3 is 9.80 Å². The number of thiazole rings is 1. The molecule has 0 aromatic carbocycles. The highest BCUT2D eigenvalue weighted by atomic mass is 32.1. The van der Waals surface area contributed by atoms with Gasteiger partial charge in [-0.3, -0.25) is 0 Å². The first-order chi connectivity index (χ1) is 10.8. The van der Waals surface area contributed by atoms with Crippen LogP contribution in [0, 0.1) is 13.8 Å². The van der Waals surface area contributed by atoms with Crippen molar-refractivity contribution in [3.63, 3.8) is 0 Å². The Morgan fingerprint density at radius 3 is 2.26 bits per heavy atom. The molecule has 9 heteroatoms. The van der Waals surface area contributed by atoms with Crippen molar-refractivity contribution in [2.45, 2.75) is 20.0 Å². The minimum absolute atomic E-state index is 0.131. The molecule has 3 rings (SSSR count). The van der Waals surface area contributed by atoms with Gasteiger partial charge in [0.05, 0.1) is 5.69 Å². The monoisotopic (exact) mass is 343 g/mol. The molecule has 1 saturated heterocycles. The maximum absolute atomic E-state index is 12.7. The third-order valence-corrected chi connectivity index (χ3v) is 4.92. The van der Waals surface area contributed by atoms with Crippen LogP contribution in [-0.2, 0) is 6.18 Å². The number of halogens is 3. The molecule has 0 bridgehead atoms. The van der Waals surface area contributed by atoms with Crippen molar-refractivity contribution in [1.82, 2.24) is 15.0 Å². The lowest BCUT2D eigenvalue weighted by Crippen LogP contribution is -2.47. The lowest BCUT2D eigenvalue weighted by Gasteiger charge is -2.34. The normalized spacial score (nSPS) is 16.0. The smallest absolute Gasteiger partial charge is 0.345 e. The summed E-state index contributed by atoms with van der Waals surface area (Å²) in [4.78, 5) is 17.3. The molecule has 5 nitrogen and oxygen atoms in total. The second-order valence-corrected chi connectivity index (χ2v) is 6.53. The Labute approximate surface area is 135 Å². The van der Waals surface area contributed by atoms with E-state index in [0.717, 1.165) is 23.1 Å². The van der Waals surface area contributed by atoms with Gasteiger partial charge >= 0.3 is 6.18 Å². The zero-order valence-electron chi connectivity index (χ0n) is 12.8. The third kappa shape index (κ3) is 3.39. The van der Waals surface area contributed by atoms with E-state index in [9.17, 15) is 13.2 Å². The van der Waals surface area contributed by atoms with Crippen LogP contribution in [0.3, 0.4) is 0 Å². The highest BCUT2D eigenvalue weighted by Gasteiger charge is 2.33. The fourth-order valence-electron chi connectivity index (χ4n) is 2.35. The summed E-state index contributed by atoms with van der Waals surface area (Å²) >= 11 is 1.64. The first-order valence-electron chi connectivity index (χ1n) is 7.19. The SMILES string of the molecule is Cc1nc(N2CCN(c3nccc(C(F)(F)F)n3)CC2)sc1C. The highest BCUT2D eigenvalue weighted by molar-refractivity contribution is 7.15. The van der Waals surface area contributed by atoms with Gasteiger partial charge in [-0.1, -0.05) is 0 Å². The predicted octanol–water partition coefficient (Wildman–Crippen LogP) is 2.90. The summed E-state index contributed by atoms with van der Waals surface area (Å²) in [5.74, 6) is 0.131. The molecule has 23 heavy (non-hydrogen) atoms. The molecular formula is C14H16F3N5S. The van der Waals surface area contributed by atoms with Gasteiger partial charge in [-0.25, -0.2) is 15.0 Å². The number of rotatable bonds is 2. The molecule has 0 aliphatic carbocycles. The summed E-state index contributed by atoms with van der Waals surface area (Å²) in [6.07, 6.45) is -3.29. The topological polar surface area (TPSA) is 45.2 Å². The van der Waals surface area contributed by atoms with Crippen LogP contribution in [0.4, 0.5) is 24.3 Å². The molecule has 0 saturated carbocycles. The number of hydrogen-bond donors (Lipinski definition) is 0. The summed E-state index contributed by atoms with van der Waals surface area (Å²) in [7, 11) is 0. The molecular weight excluding hydrogens is 327 g/mol. The van der Waals surface area contributed by atoms with Crippen LogP contribution >= 0.6 is 11.3 Å². The van der Waals surface area contributed by atoms with Crippen LogP contribution in [0.5, 0.6) is 0 Å². The van der Waals surface area contributed by atoms with E-state index in [0.29, 0.717) is 26.2 Å². The molecule has 0 amide bonds. The average molecular weight is 343 g/mol. The van der Waals surface area contributed by atoms with Gasteiger partial charge in [0.2, 0.25) is 5.95 Å². The van der Waals surface area contributed by atoms with E-state index >= 15 is 0 Å². The van der Waals surface area contributed by atoms with Crippen molar-refractivity contribution in [2.24, 2.45) is 0 Å². The Balaban J connectivity index is 1.69. The van der Waals surface area contributed by atoms with E-state index < -0.39 is 11.9 Å². The van der Waals surface area contributed by atoms with Crippen LogP contribution in [0.1, 0.15) is 16.3 Å². The largest absolute Gasteiger partial charge is 0.433 e. The molecule has 0 N–H and O–H groups in total. The number of aryl methyl sites for hydroxylation is 2. The van der Waals surface area contributed by atoms with Gasteiger partial charge in [-0.15, -0.1) is 11.3 Å². The van der Waals surface area contributed by atoms with E-state index in [1.165, 1.54) is 4.88 Å². The van der Waals surface area contributed by atoms with Crippen molar-refractivity contribution in [3.05, 3.63) is 28.5 Å². The maximum Gasteiger partial charge on any atom is 0.433 e. The zero-order valence-corrected chi connectivity index (χ0v) is 13.6. The van der Waals surface area contributed by atoms with Crippen LogP contribution in [-0.4, -0.2) is 41.1 Å². The van der Waals surface area contributed by atoms with Crippen molar-refractivity contribution in [3.8, 4) is 0 Å². The molecule has 3 heterocycles. The number of alkyl halides is 3. The Morgan fingerprint density at radius 2 is 1.70 bits per heavy atom. The zero-order chi connectivity index (χ0) is 16.6. The summed E-state index contributed by atoms with van der Waals surface area (Å²) in [6, 6.07) is 0.890. The first kappa shape index (κ1) is 16.0. The molecule has 2 aromatic heterocycles. The second kappa shape index (κ2) is 5.95. The molecule has 0 spiro atoms. The third-order valence-electron chi connectivity index (χ3n) is 3.78. The minimum atomic E-state index is -4.45. The van der Waals surface area contributed by atoms with E-state index in [2.05, 4.69) is 19.9 Å². The van der Waals surface area contributed by atoms with E-state index in [1.54, 1.807) is 16.2 Å². The standard InChI is InChI=1S/C14H16F3N5S/c1-9-10(2)23-13(19-9)22-7-5-21(6-8-22)12-18-4-3-11(20-12)14(15,16)17/h3-4H,5-8H2,1-2H3. The summed E-state index contributed by atoms with van der Waals surface area (Å²) in [5.41, 5.74) is 0.116. The minimum Gasteiger partial charge on any atom is -0.345 e. The quantitative estimate of drug-likeness (QED) is 0.839. The summed E-state index contributed by atoms with van der Waals surface area (Å²) in [6.45, 7) is 6.52. The molecule has 1 aliphatic rings. The van der Waals surface area contributed by atoms with E-state index in [4.69, 9.17) is 0 Å². The molecule has 1 aliphatic heterocycles. The fourth-order valence-corrected chi connectivity index (χ4v) is 3.31. The summed E-state index contributed by atoms with van der Waals surface area (Å²) in [5, 5.41) is 0.963. The molecule has 0 unspecified atom stereocenters. The van der Waals surface area contributed by atoms with Crippen LogP contribution < -0.4 is 9.80 Å². The Bertz CT molecular complexity index is 672.